The van der Waals surface area contributed by atoms with E-state index in [0.29, 0.717) is 12.2 Å². The van der Waals surface area contributed by atoms with E-state index in [-0.39, 0.29) is 41.4 Å². The van der Waals surface area contributed by atoms with Gasteiger partial charge in [-0.3, -0.25) is 14.4 Å². The highest BCUT2D eigenvalue weighted by Gasteiger charge is 2.76. The molecule has 0 radical (unpaired) electrons. The number of hydrogen-bond acceptors (Lipinski definition) is 5. The minimum absolute atomic E-state index is 0.00756. The number of likely N-dealkylation sites (tertiary alicyclic amines) is 1. The van der Waals surface area contributed by atoms with Gasteiger partial charge in [-0.15, -0.1) is 11.8 Å². The molecule has 1 aromatic carbocycles. The van der Waals surface area contributed by atoms with Gasteiger partial charge in [-0.05, 0) is 36.8 Å². The van der Waals surface area contributed by atoms with E-state index >= 15 is 0 Å². The first-order valence-electron chi connectivity index (χ1n) is 13.0. The molecule has 0 aliphatic carbocycles. The average molecular weight is 502 g/mol. The van der Waals surface area contributed by atoms with Crippen LogP contribution in [0.4, 0.5) is 5.69 Å². The van der Waals surface area contributed by atoms with Crippen LogP contribution < -0.4 is 10.6 Å². The van der Waals surface area contributed by atoms with Gasteiger partial charge in [-0.2, -0.15) is 0 Å². The summed E-state index contributed by atoms with van der Waals surface area (Å²) in [5.74, 6) is -1.48. The van der Waals surface area contributed by atoms with E-state index in [2.05, 4.69) is 24.5 Å². The van der Waals surface area contributed by atoms with Crippen LogP contribution in [0.25, 0.3) is 0 Å². The van der Waals surface area contributed by atoms with Gasteiger partial charge in [-0.1, -0.05) is 58.7 Å². The fourth-order valence-electron chi connectivity index (χ4n) is 6.47. The Hall–Kier alpha value is -2.06. The monoisotopic (exact) mass is 501 g/mol. The van der Waals surface area contributed by atoms with E-state index in [1.165, 1.54) is 0 Å². The van der Waals surface area contributed by atoms with Crippen molar-refractivity contribution >= 4 is 35.2 Å². The van der Waals surface area contributed by atoms with Gasteiger partial charge in [0.2, 0.25) is 17.7 Å². The Morgan fingerprint density at radius 1 is 1.20 bits per heavy atom. The average Bonchev–Trinajstić information content (AvgIpc) is 3.42. The van der Waals surface area contributed by atoms with Crippen molar-refractivity contribution in [1.82, 2.24) is 10.2 Å². The number of unbranched alkanes of at least 4 members (excludes halogenated alkanes) is 2. The van der Waals surface area contributed by atoms with E-state index in [1.807, 2.05) is 44.2 Å². The van der Waals surface area contributed by atoms with Crippen LogP contribution in [-0.2, 0) is 14.4 Å². The lowest BCUT2D eigenvalue weighted by molar-refractivity contribution is -0.143. The molecule has 3 N–H and O–H groups in total. The largest absolute Gasteiger partial charge is 0.394 e. The highest BCUT2D eigenvalue weighted by Crippen LogP contribution is 2.69. The normalized spacial score (nSPS) is 32.1. The lowest BCUT2D eigenvalue weighted by Gasteiger charge is -2.40. The summed E-state index contributed by atoms with van der Waals surface area (Å²) in [7, 11) is 0. The number of thioether (sulfide) groups is 1. The van der Waals surface area contributed by atoms with Crippen LogP contribution in [-0.4, -0.2) is 63.0 Å². The van der Waals surface area contributed by atoms with Gasteiger partial charge in [0, 0.05) is 17.5 Å². The molecule has 3 fully saturated rings. The fraction of sp³-hybridized carbons (Fsp3) is 0.667. The van der Waals surface area contributed by atoms with Gasteiger partial charge in [-0.25, -0.2) is 0 Å². The predicted molar refractivity (Wildman–Crippen MR) is 139 cm³/mol. The number of rotatable bonds is 10. The van der Waals surface area contributed by atoms with Crippen molar-refractivity contribution in [1.29, 1.82) is 0 Å². The minimum Gasteiger partial charge on any atom is -0.394 e. The van der Waals surface area contributed by atoms with Crippen LogP contribution in [0.2, 0.25) is 0 Å². The van der Waals surface area contributed by atoms with Crippen molar-refractivity contribution < 1.29 is 19.5 Å². The van der Waals surface area contributed by atoms with E-state index in [1.54, 1.807) is 16.7 Å². The van der Waals surface area contributed by atoms with Crippen molar-refractivity contribution in [3.63, 3.8) is 0 Å². The second-order valence-corrected chi connectivity index (χ2v) is 12.2. The Morgan fingerprint density at radius 3 is 2.54 bits per heavy atom. The molecule has 35 heavy (non-hydrogen) atoms. The molecule has 1 aromatic rings. The van der Waals surface area contributed by atoms with Crippen LogP contribution in [0.15, 0.2) is 30.3 Å². The lowest BCUT2D eigenvalue weighted by atomic mass is 9.66. The van der Waals surface area contributed by atoms with Gasteiger partial charge in [0.15, 0.2) is 0 Å². The lowest BCUT2D eigenvalue weighted by Crippen LogP contribution is -2.59. The molecule has 4 rings (SSSR count). The number of carbonyl (C=O) groups is 3. The number of aliphatic hydroxyl groups excluding tert-OH is 1. The van der Waals surface area contributed by atoms with Gasteiger partial charge in [0.05, 0.1) is 29.2 Å². The molecule has 8 heteroatoms. The molecule has 3 saturated heterocycles. The molecule has 7 atom stereocenters. The Balaban J connectivity index is 1.70. The van der Waals surface area contributed by atoms with Gasteiger partial charge < -0.3 is 20.6 Å². The fourth-order valence-corrected chi connectivity index (χ4v) is 8.88. The van der Waals surface area contributed by atoms with Crippen LogP contribution in [0.3, 0.4) is 0 Å². The van der Waals surface area contributed by atoms with E-state index < -0.39 is 28.7 Å². The molecule has 0 saturated carbocycles. The summed E-state index contributed by atoms with van der Waals surface area (Å²) in [6.07, 6.45) is 3.77. The Labute approximate surface area is 212 Å². The van der Waals surface area contributed by atoms with Gasteiger partial charge >= 0.3 is 0 Å². The molecule has 3 aliphatic heterocycles. The second kappa shape index (κ2) is 10.5. The summed E-state index contributed by atoms with van der Waals surface area (Å²) in [5.41, 5.74) is 0.704. The maximum atomic E-state index is 14.1. The summed E-state index contributed by atoms with van der Waals surface area (Å²) in [6, 6.07) is 8.14. The number of hydrogen-bond donors (Lipinski definition) is 3. The quantitative estimate of drug-likeness (QED) is 0.428. The first-order chi connectivity index (χ1) is 16.8. The number of nitrogens with zero attached hydrogens (tertiary/aromatic N) is 1. The number of aliphatic hydroxyl groups is 1. The van der Waals surface area contributed by atoms with E-state index in [0.717, 1.165) is 25.7 Å². The molecule has 3 aliphatic rings. The van der Waals surface area contributed by atoms with Crippen LogP contribution in [0.1, 0.15) is 53.4 Å². The molecule has 3 amide bonds. The first kappa shape index (κ1) is 26.0. The number of anilines is 1. The molecular formula is C27H39N3O4S. The molecular weight excluding hydrogens is 462 g/mol. The molecule has 3 unspecified atom stereocenters. The zero-order chi connectivity index (χ0) is 25.3. The maximum absolute atomic E-state index is 14.1. The van der Waals surface area contributed by atoms with Crippen molar-refractivity contribution in [3.8, 4) is 0 Å². The van der Waals surface area contributed by atoms with Gasteiger partial charge in [0.1, 0.15) is 6.04 Å². The molecule has 1 spiro atoms. The molecule has 3 heterocycles. The highest BCUT2D eigenvalue weighted by molar-refractivity contribution is 8.02. The van der Waals surface area contributed by atoms with Crippen molar-refractivity contribution in [2.45, 2.75) is 75.5 Å². The van der Waals surface area contributed by atoms with E-state index in [4.69, 9.17) is 0 Å². The number of amides is 3. The third-order valence-electron chi connectivity index (χ3n) is 8.17. The minimum atomic E-state index is -0.694. The molecule has 2 bridgehead atoms. The Kier molecular flexibility index (Phi) is 7.81. The molecule has 192 valence electrons. The Morgan fingerprint density at radius 2 is 1.91 bits per heavy atom. The third-order valence-corrected chi connectivity index (χ3v) is 10.2. The summed E-state index contributed by atoms with van der Waals surface area (Å²) in [5, 5.41) is 16.4. The first-order valence-corrected chi connectivity index (χ1v) is 13.9. The number of nitrogens with one attached hydrogen (secondary N) is 2. The number of benzene rings is 1. The zero-order valence-electron chi connectivity index (χ0n) is 21.2. The van der Waals surface area contributed by atoms with Gasteiger partial charge in [0.25, 0.3) is 0 Å². The number of fused-ring (bicyclic) bond motifs is 1. The SMILES string of the molecule is CCCCCNC(=O)C1N([C@@H](CO)C(C)C)C(=O)[C@@H]2[C@@H](C(=O)Nc3ccccc3)[C@H]3CC(C)C12S3. The third kappa shape index (κ3) is 4.37. The summed E-state index contributed by atoms with van der Waals surface area (Å²) in [4.78, 5) is 43.1. The number of para-hydroxylation sites is 1. The smallest absolute Gasteiger partial charge is 0.244 e. The zero-order valence-corrected chi connectivity index (χ0v) is 22.0. The van der Waals surface area contributed by atoms with Crippen molar-refractivity contribution in [2.75, 3.05) is 18.5 Å². The summed E-state index contributed by atoms with van der Waals surface area (Å²) < 4.78 is -0.669. The van der Waals surface area contributed by atoms with Crippen LogP contribution in [0, 0.1) is 23.7 Å². The highest BCUT2D eigenvalue weighted by atomic mass is 32.2. The predicted octanol–water partition coefficient (Wildman–Crippen LogP) is 3.29. The van der Waals surface area contributed by atoms with Crippen molar-refractivity contribution in [2.24, 2.45) is 23.7 Å². The number of carbonyl (C=O) groups excluding carboxylic acids is 3. The molecule has 7 nitrogen and oxygen atoms in total. The van der Waals surface area contributed by atoms with Crippen molar-refractivity contribution in [3.05, 3.63) is 30.3 Å². The molecule has 0 aromatic heterocycles. The van der Waals surface area contributed by atoms with E-state index in [9.17, 15) is 19.5 Å². The maximum Gasteiger partial charge on any atom is 0.244 e. The van der Waals surface area contributed by atoms with Crippen LogP contribution in [0.5, 0.6) is 0 Å². The summed E-state index contributed by atoms with van der Waals surface area (Å²) >= 11 is 1.67. The Bertz CT molecular complexity index is 942. The topological polar surface area (TPSA) is 98.7 Å². The summed E-state index contributed by atoms with van der Waals surface area (Å²) in [6.45, 7) is 8.51. The van der Waals surface area contributed by atoms with Crippen LogP contribution >= 0.6 is 11.8 Å². The standard InChI is InChI=1S/C27H39N3O4S/c1-5-6-10-13-28-25(33)23-27-17(4)14-20(35-27)21(24(32)29-18-11-8-7-9-12-18)22(27)26(34)30(23)19(15-31)16(2)3/h7-9,11-12,16-17,19-23,31H,5-6,10,13-15H2,1-4H3,(H,28,33)(H,29,32)/t17?,19-,20+,21-,22-,23?,27?/m0/s1. The second-order valence-electron chi connectivity index (χ2n) is 10.6.